The second kappa shape index (κ2) is 12.4. The van der Waals surface area contributed by atoms with E-state index in [1.165, 1.54) is 19.3 Å². The van der Waals surface area contributed by atoms with E-state index in [0.717, 1.165) is 0 Å². The molecule has 0 aliphatic carbocycles. The van der Waals surface area contributed by atoms with Gasteiger partial charge in [-0.15, -0.1) is 0 Å². The van der Waals surface area contributed by atoms with E-state index in [1.807, 2.05) is 12.2 Å². The normalized spacial score (nSPS) is 8.75. The van der Waals surface area contributed by atoms with E-state index in [0.29, 0.717) is 0 Å². The van der Waals surface area contributed by atoms with Crippen molar-refractivity contribution in [2.24, 2.45) is 0 Å². The minimum atomic E-state index is -1.83. The Hall–Kier alpha value is -1.25. The number of allylic oxidation sites excluding steroid dienone is 3. The molecule has 2 N–H and O–H groups in total. The maximum Gasteiger partial charge on any atom is 0.503 e. The first kappa shape index (κ1) is 13.3. The van der Waals surface area contributed by atoms with Gasteiger partial charge in [0.1, 0.15) is 0 Å². The van der Waals surface area contributed by atoms with Crippen molar-refractivity contribution in [1.29, 1.82) is 0 Å². The molecule has 0 aromatic rings. The molecule has 0 amide bonds. The average molecular weight is 172 g/mol. The number of carbonyl (C=O) groups is 1. The van der Waals surface area contributed by atoms with Gasteiger partial charge < -0.3 is 10.2 Å². The van der Waals surface area contributed by atoms with Gasteiger partial charge in [0.2, 0.25) is 0 Å². The summed E-state index contributed by atoms with van der Waals surface area (Å²) < 4.78 is 0. The van der Waals surface area contributed by atoms with Crippen LogP contribution in [-0.4, -0.2) is 16.4 Å². The van der Waals surface area contributed by atoms with Crippen molar-refractivity contribution in [3.8, 4) is 0 Å². The highest BCUT2D eigenvalue weighted by atomic mass is 16.6. The van der Waals surface area contributed by atoms with Crippen molar-refractivity contribution in [1.82, 2.24) is 0 Å². The number of rotatable bonds is 4. The first-order valence-electron chi connectivity index (χ1n) is 3.84. The maximum absolute atomic E-state index is 8.56. The van der Waals surface area contributed by atoms with Crippen LogP contribution in [-0.2, 0) is 0 Å². The van der Waals surface area contributed by atoms with Crippen molar-refractivity contribution in [2.45, 2.75) is 26.2 Å². The highest BCUT2D eigenvalue weighted by Gasteiger charge is 1.73. The summed E-state index contributed by atoms with van der Waals surface area (Å²) >= 11 is 0. The summed E-state index contributed by atoms with van der Waals surface area (Å²) in [5.41, 5.74) is 0. The lowest BCUT2D eigenvalue weighted by Gasteiger charge is -1.84. The molecule has 0 bridgehead atoms. The van der Waals surface area contributed by atoms with Crippen LogP contribution in [0.2, 0.25) is 0 Å². The highest BCUT2D eigenvalue weighted by Crippen LogP contribution is 1.93. The lowest BCUT2D eigenvalue weighted by Crippen LogP contribution is -1.81. The van der Waals surface area contributed by atoms with Crippen molar-refractivity contribution in [3.05, 3.63) is 24.8 Å². The second-order valence-corrected chi connectivity index (χ2v) is 2.09. The van der Waals surface area contributed by atoms with Gasteiger partial charge in [-0.2, -0.15) is 0 Å². The first-order valence-corrected chi connectivity index (χ1v) is 3.84. The van der Waals surface area contributed by atoms with Crippen molar-refractivity contribution in [2.75, 3.05) is 0 Å². The molecule has 0 radical (unpaired) electrons. The van der Waals surface area contributed by atoms with Crippen LogP contribution in [0.5, 0.6) is 0 Å². The molecular weight excluding hydrogens is 156 g/mol. The second-order valence-electron chi connectivity index (χ2n) is 2.09. The van der Waals surface area contributed by atoms with Gasteiger partial charge in [0.25, 0.3) is 0 Å². The molecule has 3 heteroatoms. The third-order valence-corrected chi connectivity index (χ3v) is 0.997. The van der Waals surface area contributed by atoms with Crippen LogP contribution in [0.3, 0.4) is 0 Å². The van der Waals surface area contributed by atoms with Gasteiger partial charge in [0.05, 0.1) is 0 Å². The fraction of sp³-hybridized carbons (Fsp3) is 0.444. The predicted molar refractivity (Wildman–Crippen MR) is 49.5 cm³/mol. The van der Waals surface area contributed by atoms with Crippen LogP contribution in [0, 0.1) is 0 Å². The van der Waals surface area contributed by atoms with Gasteiger partial charge in [-0.3, -0.25) is 0 Å². The molecule has 12 heavy (non-hydrogen) atoms. The fourth-order valence-corrected chi connectivity index (χ4v) is 0.514. The monoisotopic (exact) mass is 172 g/mol. The van der Waals surface area contributed by atoms with E-state index in [9.17, 15) is 0 Å². The van der Waals surface area contributed by atoms with Crippen LogP contribution in [0.4, 0.5) is 4.79 Å². The lowest BCUT2D eigenvalue weighted by atomic mass is 10.2. The molecule has 0 saturated heterocycles. The summed E-state index contributed by atoms with van der Waals surface area (Å²) in [6.07, 6.45) is 7.90. The summed E-state index contributed by atoms with van der Waals surface area (Å²) in [7, 11) is 0. The Bertz CT molecular complexity index is 135. The van der Waals surface area contributed by atoms with Crippen LogP contribution in [0.15, 0.2) is 24.8 Å². The lowest BCUT2D eigenvalue weighted by molar-refractivity contribution is 0.137. The van der Waals surface area contributed by atoms with Crippen molar-refractivity contribution in [3.63, 3.8) is 0 Å². The molecule has 0 aromatic carbocycles. The number of carboxylic acid groups (broad SMARTS) is 2. The van der Waals surface area contributed by atoms with Crippen LogP contribution >= 0.6 is 0 Å². The van der Waals surface area contributed by atoms with Crippen LogP contribution < -0.4 is 0 Å². The maximum atomic E-state index is 8.56. The minimum absolute atomic E-state index is 1.20. The van der Waals surface area contributed by atoms with E-state index in [1.54, 1.807) is 0 Å². The third-order valence-electron chi connectivity index (χ3n) is 0.997. The highest BCUT2D eigenvalue weighted by molar-refractivity contribution is 5.53. The van der Waals surface area contributed by atoms with Crippen molar-refractivity contribution < 1.29 is 15.0 Å². The molecule has 0 atom stereocenters. The Morgan fingerprint density at radius 2 is 2.00 bits per heavy atom. The summed E-state index contributed by atoms with van der Waals surface area (Å²) in [4.78, 5) is 8.56. The van der Waals surface area contributed by atoms with Gasteiger partial charge in [-0.05, 0) is 6.42 Å². The Labute approximate surface area is 73.0 Å². The summed E-state index contributed by atoms with van der Waals surface area (Å²) in [5, 5.41) is 13.9. The molecule has 0 fully saturated rings. The quantitative estimate of drug-likeness (QED) is 0.506. The van der Waals surface area contributed by atoms with E-state index in [4.69, 9.17) is 15.0 Å². The van der Waals surface area contributed by atoms with Crippen LogP contribution in [0.25, 0.3) is 0 Å². The standard InChI is InChI=1S/C8H14.CH2O3/c1-3-5-7-8-6-4-2;2-1(3)4/h3,5,7H,1,4,6,8H2,2H3;(H2,2,3,4). The topological polar surface area (TPSA) is 57.5 Å². The van der Waals surface area contributed by atoms with Gasteiger partial charge in [-0.1, -0.05) is 44.6 Å². The van der Waals surface area contributed by atoms with Gasteiger partial charge in [0.15, 0.2) is 0 Å². The van der Waals surface area contributed by atoms with Gasteiger partial charge in [0, 0.05) is 0 Å². The van der Waals surface area contributed by atoms with E-state index < -0.39 is 6.16 Å². The van der Waals surface area contributed by atoms with E-state index in [2.05, 4.69) is 19.6 Å². The Kier molecular flexibility index (Phi) is 13.8. The minimum Gasteiger partial charge on any atom is -0.450 e. The zero-order valence-electron chi connectivity index (χ0n) is 7.36. The van der Waals surface area contributed by atoms with Crippen LogP contribution in [0.1, 0.15) is 26.2 Å². The predicted octanol–water partition coefficient (Wildman–Crippen LogP) is 3.14. The van der Waals surface area contributed by atoms with E-state index >= 15 is 0 Å². The molecular formula is C9H16O3. The SMILES string of the molecule is C=CC=CCCCC.O=C(O)O. The molecule has 70 valence electrons. The van der Waals surface area contributed by atoms with Crippen molar-refractivity contribution >= 4 is 6.16 Å². The number of hydrogen-bond donors (Lipinski definition) is 2. The van der Waals surface area contributed by atoms with Gasteiger partial charge in [-0.25, -0.2) is 4.79 Å². The molecule has 0 unspecified atom stereocenters. The molecule has 0 aliphatic rings. The molecule has 0 aromatic heterocycles. The molecule has 0 spiro atoms. The zero-order valence-corrected chi connectivity index (χ0v) is 7.36. The van der Waals surface area contributed by atoms with E-state index in [-0.39, 0.29) is 0 Å². The molecule has 0 saturated carbocycles. The summed E-state index contributed by atoms with van der Waals surface area (Å²) in [6.45, 7) is 5.77. The number of hydrogen-bond acceptors (Lipinski definition) is 1. The smallest absolute Gasteiger partial charge is 0.450 e. The summed E-state index contributed by atoms with van der Waals surface area (Å²) in [6, 6.07) is 0. The molecule has 0 aliphatic heterocycles. The Morgan fingerprint density at radius 3 is 2.33 bits per heavy atom. The average Bonchev–Trinajstić information content (AvgIpc) is 1.97. The molecule has 0 heterocycles. The summed E-state index contributed by atoms with van der Waals surface area (Å²) in [5.74, 6) is 0. The molecule has 0 rings (SSSR count). The van der Waals surface area contributed by atoms with Gasteiger partial charge >= 0.3 is 6.16 Å². The zero-order chi connectivity index (χ0) is 9.82. The largest absolute Gasteiger partial charge is 0.503 e. The number of unbranched alkanes of at least 4 members (excludes halogenated alkanes) is 2. The third kappa shape index (κ3) is 37.4. The Balaban J connectivity index is 0. The first-order chi connectivity index (χ1) is 5.65. The Morgan fingerprint density at radius 1 is 1.50 bits per heavy atom. The molecule has 3 nitrogen and oxygen atoms in total. The fourth-order valence-electron chi connectivity index (χ4n) is 0.514.